The van der Waals surface area contributed by atoms with E-state index in [2.05, 4.69) is 106 Å². The third-order valence-electron chi connectivity index (χ3n) is 12.2. The summed E-state index contributed by atoms with van der Waals surface area (Å²) in [7, 11) is 0. The molecule has 1 rings (SSSR count). The summed E-state index contributed by atoms with van der Waals surface area (Å²) in [6.07, 6.45) is 60.9. The second-order valence-corrected chi connectivity index (χ2v) is 18.6. The van der Waals surface area contributed by atoms with Crippen LogP contribution >= 0.6 is 0 Å². The van der Waals surface area contributed by atoms with Crippen molar-refractivity contribution in [2.75, 3.05) is 13.2 Å². The zero-order chi connectivity index (χ0) is 49.2. The van der Waals surface area contributed by atoms with Crippen LogP contribution in [0, 0.1) is 0 Å². The van der Waals surface area contributed by atoms with Gasteiger partial charge in [0.15, 0.2) is 12.2 Å². The zero-order valence-corrected chi connectivity index (χ0v) is 43.7. The third-order valence-corrected chi connectivity index (χ3v) is 12.2. The number of allylic oxidation sites excluding steroid dienone is 14. The number of hydrogen-bond acceptors (Lipinski definition) is 8. The van der Waals surface area contributed by atoms with Crippen LogP contribution in [0.25, 0.3) is 0 Å². The highest BCUT2D eigenvalue weighted by Gasteiger charge is 2.44. The highest BCUT2D eigenvalue weighted by atomic mass is 16.6. The summed E-state index contributed by atoms with van der Waals surface area (Å²) in [6, 6.07) is 0. The number of ether oxygens (including phenoxy) is 4. The molecule has 68 heavy (non-hydrogen) atoms. The molecule has 1 N–H and O–H groups in total. The Bertz CT molecular complexity index is 1410. The molecule has 4 atom stereocenters. The normalized spacial score (nSPS) is 17.9. The minimum atomic E-state index is -1.31. The van der Waals surface area contributed by atoms with Gasteiger partial charge in [-0.1, -0.05) is 189 Å². The maximum atomic E-state index is 13.1. The van der Waals surface area contributed by atoms with E-state index in [4.69, 9.17) is 18.9 Å². The topological polar surface area (TPSA) is 108 Å². The Morgan fingerprint density at radius 1 is 0.441 bits per heavy atom. The summed E-state index contributed by atoms with van der Waals surface area (Å²) in [5.41, 5.74) is 0. The van der Waals surface area contributed by atoms with E-state index in [1.165, 1.54) is 51.4 Å². The fourth-order valence-corrected chi connectivity index (χ4v) is 7.97. The zero-order valence-electron chi connectivity index (χ0n) is 43.7. The molecular formula is C60H100O8. The number of esters is 3. The van der Waals surface area contributed by atoms with Crippen LogP contribution in [0.4, 0.5) is 0 Å². The number of rotatable bonds is 45. The molecule has 1 fully saturated rings. The molecule has 1 saturated heterocycles. The predicted octanol–water partition coefficient (Wildman–Crippen LogP) is 16.3. The first-order valence-electron chi connectivity index (χ1n) is 27.8. The first-order valence-corrected chi connectivity index (χ1v) is 27.8. The summed E-state index contributed by atoms with van der Waals surface area (Å²) in [5.74, 6) is -1.18. The second-order valence-electron chi connectivity index (χ2n) is 18.6. The minimum absolute atomic E-state index is 0.0587. The quantitative estimate of drug-likeness (QED) is 0.0278. The van der Waals surface area contributed by atoms with Crippen LogP contribution in [0.1, 0.15) is 239 Å². The Balaban J connectivity index is 2.49. The van der Waals surface area contributed by atoms with E-state index in [9.17, 15) is 19.5 Å². The van der Waals surface area contributed by atoms with Gasteiger partial charge in [-0.25, -0.2) is 0 Å². The molecule has 0 aliphatic carbocycles. The molecule has 1 aliphatic rings. The molecule has 8 heteroatoms. The molecule has 0 bridgehead atoms. The maximum absolute atomic E-state index is 13.1. The van der Waals surface area contributed by atoms with Gasteiger partial charge in [-0.3, -0.25) is 14.4 Å². The summed E-state index contributed by atoms with van der Waals surface area (Å²) in [5, 5.41) is 11.4. The van der Waals surface area contributed by atoms with Gasteiger partial charge in [-0.2, -0.15) is 0 Å². The van der Waals surface area contributed by atoms with Crippen LogP contribution in [-0.4, -0.2) is 60.6 Å². The lowest BCUT2D eigenvalue weighted by Gasteiger charge is -2.38. The van der Waals surface area contributed by atoms with E-state index >= 15 is 0 Å². The molecule has 8 nitrogen and oxygen atoms in total. The Labute approximate surface area is 416 Å². The second kappa shape index (κ2) is 48.5. The van der Waals surface area contributed by atoms with Gasteiger partial charge >= 0.3 is 17.9 Å². The average Bonchev–Trinajstić information content (AvgIpc) is 3.33. The maximum Gasteiger partial charge on any atom is 0.306 e. The van der Waals surface area contributed by atoms with Gasteiger partial charge in [-0.05, 0) is 116 Å². The molecule has 0 aromatic carbocycles. The molecule has 1 heterocycles. The van der Waals surface area contributed by atoms with Gasteiger partial charge in [0.05, 0.1) is 6.61 Å². The molecule has 0 radical (unpaired) electrons. The fraction of sp³-hybridized carbons (Fsp3) is 0.717. The standard InChI is InChI=1S/C60H100O8/c1-4-7-10-13-16-19-22-25-28-31-34-37-40-43-46-49-56(61)66-52-54-59(64)60(68-58(63)51-48-45-42-39-36-33-30-27-24-21-18-15-12-9-6-3)55(53-65-54)67-57(62)50-47-44-41-38-35-32-29-26-23-20-17-14-11-8-5-2/h8,11,16-21,25-30,54-55,59-60,64H,4-7,9-10,12-15,22-24,31-53H2,1-3H3/b11-8-,19-16-,20-17-,21-18-,28-25-,29-26-,30-27-/t54-,55+,59-,60-/m1/s1. The van der Waals surface area contributed by atoms with Gasteiger partial charge in [0, 0.05) is 19.3 Å². The average molecular weight is 949 g/mol. The van der Waals surface area contributed by atoms with Crippen LogP contribution in [0.5, 0.6) is 0 Å². The van der Waals surface area contributed by atoms with Gasteiger partial charge < -0.3 is 24.1 Å². The van der Waals surface area contributed by atoms with Crippen LogP contribution in [0.15, 0.2) is 85.1 Å². The van der Waals surface area contributed by atoms with Crippen LogP contribution in [-0.2, 0) is 33.3 Å². The summed E-state index contributed by atoms with van der Waals surface area (Å²) in [6.45, 7) is 6.38. The van der Waals surface area contributed by atoms with Gasteiger partial charge in [0.1, 0.15) is 18.8 Å². The smallest absolute Gasteiger partial charge is 0.306 e. The highest BCUT2D eigenvalue weighted by molar-refractivity contribution is 5.71. The van der Waals surface area contributed by atoms with Crippen molar-refractivity contribution in [2.24, 2.45) is 0 Å². The predicted molar refractivity (Wildman–Crippen MR) is 284 cm³/mol. The molecular weight excluding hydrogens is 849 g/mol. The number of aliphatic hydroxyl groups excluding tert-OH is 1. The van der Waals surface area contributed by atoms with Crippen molar-refractivity contribution in [3.8, 4) is 0 Å². The van der Waals surface area contributed by atoms with Crippen molar-refractivity contribution in [2.45, 2.75) is 263 Å². The largest absolute Gasteiger partial charge is 0.463 e. The van der Waals surface area contributed by atoms with Crippen molar-refractivity contribution in [3.63, 3.8) is 0 Å². The van der Waals surface area contributed by atoms with E-state index in [0.29, 0.717) is 19.3 Å². The van der Waals surface area contributed by atoms with Gasteiger partial charge in [0.25, 0.3) is 0 Å². The van der Waals surface area contributed by atoms with E-state index in [1.54, 1.807) is 0 Å². The molecule has 0 aromatic rings. The molecule has 388 valence electrons. The van der Waals surface area contributed by atoms with Crippen molar-refractivity contribution in [3.05, 3.63) is 85.1 Å². The monoisotopic (exact) mass is 949 g/mol. The molecule has 1 aliphatic heterocycles. The molecule has 0 amide bonds. The third kappa shape index (κ3) is 39.4. The first kappa shape index (κ1) is 62.5. The highest BCUT2D eigenvalue weighted by Crippen LogP contribution is 2.24. The van der Waals surface area contributed by atoms with E-state index < -0.39 is 36.4 Å². The Morgan fingerprint density at radius 2 is 0.794 bits per heavy atom. The van der Waals surface area contributed by atoms with Gasteiger partial charge in [0.2, 0.25) is 0 Å². The SMILES string of the molecule is CC/C=C\C/C=C\C/C=C\CCCCCCCC(=O)O[C@H]1CO[C@H](COC(=O)CCCCCCC/C=C\C/C=C\CCCCC)[C@@H](O)[C@@H]1OC(=O)CCCCCCC/C=C\C/C=C\CCCCC. The number of hydrogen-bond donors (Lipinski definition) is 1. The van der Waals surface area contributed by atoms with Crippen LogP contribution < -0.4 is 0 Å². The summed E-state index contributed by atoms with van der Waals surface area (Å²) in [4.78, 5) is 38.8. The number of unbranched alkanes of at least 4 members (excludes halogenated alkanes) is 21. The van der Waals surface area contributed by atoms with Gasteiger partial charge in [-0.15, -0.1) is 0 Å². The number of carbonyl (C=O) groups excluding carboxylic acids is 3. The van der Waals surface area contributed by atoms with Crippen molar-refractivity contribution >= 4 is 17.9 Å². The molecule has 0 aromatic heterocycles. The molecule has 0 unspecified atom stereocenters. The first-order chi connectivity index (χ1) is 33.4. The summed E-state index contributed by atoms with van der Waals surface area (Å²) >= 11 is 0. The molecule has 0 saturated carbocycles. The van der Waals surface area contributed by atoms with Crippen molar-refractivity contribution in [1.82, 2.24) is 0 Å². The van der Waals surface area contributed by atoms with Crippen LogP contribution in [0.2, 0.25) is 0 Å². The fourth-order valence-electron chi connectivity index (χ4n) is 7.97. The Morgan fingerprint density at radius 3 is 1.22 bits per heavy atom. The summed E-state index contributed by atoms with van der Waals surface area (Å²) < 4.78 is 23.1. The Kier molecular flexibility index (Phi) is 44.6. The number of carbonyl (C=O) groups is 3. The van der Waals surface area contributed by atoms with Crippen LogP contribution in [0.3, 0.4) is 0 Å². The lowest BCUT2D eigenvalue weighted by molar-refractivity contribution is -0.225. The minimum Gasteiger partial charge on any atom is -0.463 e. The lowest BCUT2D eigenvalue weighted by Crippen LogP contribution is -2.57. The van der Waals surface area contributed by atoms with E-state index in [1.807, 2.05) is 0 Å². The Hall–Kier alpha value is -3.49. The van der Waals surface area contributed by atoms with Crippen molar-refractivity contribution < 1.29 is 38.4 Å². The molecule has 0 spiro atoms. The van der Waals surface area contributed by atoms with E-state index in [-0.39, 0.29) is 32.0 Å². The lowest BCUT2D eigenvalue weighted by atomic mass is 9.99. The van der Waals surface area contributed by atoms with E-state index in [0.717, 1.165) is 135 Å². The number of aliphatic hydroxyl groups is 1. The van der Waals surface area contributed by atoms with Crippen molar-refractivity contribution in [1.29, 1.82) is 0 Å².